The van der Waals surface area contributed by atoms with Crippen molar-refractivity contribution >= 4 is 22.1 Å². The number of ether oxygens (including phenoxy) is 2. The van der Waals surface area contributed by atoms with Crippen LogP contribution in [0.1, 0.15) is 18.1 Å². The fraction of sp³-hybridized carbons (Fsp3) is 0.167. The molecule has 25 heavy (non-hydrogen) atoms. The molecule has 0 aliphatic heterocycles. The second kappa shape index (κ2) is 8.43. The molecule has 0 bridgehead atoms. The lowest BCUT2D eigenvalue weighted by molar-refractivity contribution is 0.269. The maximum atomic E-state index is 5.94. The Balaban J connectivity index is 1.81. The van der Waals surface area contributed by atoms with Crippen molar-refractivity contribution in [2.24, 2.45) is 5.10 Å². The molecule has 0 saturated heterocycles. The van der Waals surface area contributed by atoms with Gasteiger partial charge in [0.1, 0.15) is 19.3 Å². The van der Waals surface area contributed by atoms with Gasteiger partial charge in [0.25, 0.3) is 0 Å². The summed E-state index contributed by atoms with van der Waals surface area (Å²) in [6.07, 6.45) is 4.74. The van der Waals surface area contributed by atoms with E-state index in [-0.39, 0.29) is 0 Å². The van der Waals surface area contributed by atoms with Crippen LogP contribution in [0.2, 0.25) is 0 Å². The van der Waals surface area contributed by atoms with Gasteiger partial charge in [-0.2, -0.15) is 5.10 Å². The van der Waals surface area contributed by atoms with Crippen molar-refractivity contribution in [1.82, 2.24) is 14.9 Å². The first-order chi connectivity index (χ1) is 12.3. The first-order valence-electron chi connectivity index (χ1n) is 7.78. The highest BCUT2D eigenvalue weighted by Gasteiger charge is 2.10. The second-order valence-electron chi connectivity index (χ2n) is 5.11. The average molecular weight is 401 g/mol. The molecule has 6 nitrogen and oxygen atoms in total. The molecule has 0 atom stereocenters. The van der Waals surface area contributed by atoms with Crippen LogP contribution in [0, 0.1) is 0 Å². The van der Waals surface area contributed by atoms with E-state index >= 15 is 0 Å². The molecule has 0 aliphatic rings. The van der Waals surface area contributed by atoms with Gasteiger partial charge in [-0.25, -0.2) is 4.68 Å². The Morgan fingerprint density at radius 3 is 2.52 bits per heavy atom. The molecule has 7 heteroatoms. The van der Waals surface area contributed by atoms with Gasteiger partial charge in [-0.15, -0.1) is 10.2 Å². The van der Waals surface area contributed by atoms with Crippen molar-refractivity contribution < 1.29 is 9.47 Å². The smallest absolute Gasteiger partial charge is 0.162 e. The van der Waals surface area contributed by atoms with E-state index in [0.29, 0.717) is 24.7 Å². The van der Waals surface area contributed by atoms with E-state index in [4.69, 9.17) is 9.47 Å². The van der Waals surface area contributed by atoms with Crippen LogP contribution in [0.3, 0.4) is 0 Å². The fourth-order valence-electron chi connectivity index (χ4n) is 2.15. The van der Waals surface area contributed by atoms with Gasteiger partial charge in [-0.1, -0.05) is 30.3 Å². The molecule has 1 aromatic heterocycles. The largest absolute Gasteiger partial charge is 0.490 e. The number of hydrogen-bond acceptors (Lipinski definition) is 5. The molecule has 1 heterocycles. The van der Waals surface area contributed by atoms with Gasteiger partial charge >= 0.3 is 0 Å². The summed E-state index contributed by atoms with van der Waals surface area (Å²) in [6.45, 7) is 2.96. The molecule has 3 aromatic rings. The van der Waals surface area contributed by atoms with Gasteiger partial charge in [0.15, 0.2) is 11.5 Å². The lowest BCUT2D eigenvalue weighted by Crippen LogP contribution is -2.01. The Hall–Kier alpha value is -2.67. The van der Waals surface area contributed by atoms with E-state index in [9.17, 15) is 0 Å². The van der Waals surface area contributed by atoms with E-state index in [2.05, 4.69) is 31.2 Å². The van der Waals surface area contributed by atoms with Gasteiger partial charge in [-0.05, 0) is 40.5 Å². The van der Waals surface area contributed by atoms with Gasteiger partial charge in [0.05, 0.1) is 12.8 Å². The lowest BCUT2D eigenvalue weighted by atomic mass is 10.2. The molecule has 0 N–H and O–H groups in total. The standard InChI is InChI=1S/C18H17BrN4O2/c1-2-24-17-8-15(10-22-23-12-20-21-13-23)16(19)9-18(17)25-11-14-6-4-3-5-7-14/h3-10,12-13H,2,11H2,1H3/b22-10-. The summed E-state index contributed by atoms with van der Waals surface area (Å²) in [7, 11) is 0. The first-order valence-corrected chi connectivity index (χ1v) is 8.57. The first kappa shape index (κ1) is 17.2. The molecule has 0 aliphatic carbocycles. The lowest BCUT2D eigenvalue weighted by Gasteiger charge is -2.14. The maximum absolute atomic E-state index is 5.94. The van der Waals surface area contributed by atoms with E-state index in [0.717, 1.165) is 15.6 Å². The minimum absolute atomic E-state index is 0.474. The highest BCUT2D eigenvalue weighted by Crippen LogP contribution is 2.33. The predicted molar refractivity (Wildman–Crippen MR) is 99.1 cm³/mol. The number of nitrogens with zero attached hydrogens (tertiary/aromatic N) is 4. The molecule has 0 spiro atoms. The highest BCUT2D eigenvalue weighted by atomic mass is 79.9. The van der Waals surface area contributed by atoms with E-state index in [1.165, 1.54) is 17.3 Å². The van der Waals surface area contributed by atoms with E-state index in [1.54, 1.807) is 6.21 Å². The van der Waals surface area contributed by atoms with Crippen molar-refractivity contribution in [2.45, 2.75) is 13.5 Å². The monoisotopic (exact) mass is 400 g/mol. The zero-order valence-corrected chi connectivity index (χ0v) is 15.3. The van der Waals surface area contributed by atoms with Crippen LogP contribution >= 0.6 is 15.9 Å². The van der Waals surface area contributed by atoms with Crippen molar-refractivity contribution in [3.8, 4) is 11.5 Å². The average Bonchev–Trinajstić information content (AvgIpc) is 3.15. The Bertz CT molecular complexity index is 836. The van der Waals surface area contributed by atoms with Crippen LogP contribution in [0.4, 0.5) is 0 Å². The second-order valence-corrected chi connectivity index (χ2v) is 5.97. The zero-order chi connectivity index (χ0) is 17.5. The molecule has 0 unspecified atom stereocenters. The van der Waals surface area contributed by atoms with Crippen LogP contribution in [-0.2, 0) is 6.61 Å². The van der Waals surface area contributed by atoms with Crippen molar-refractivity contribution in [3.05, 3.63) is 70.7 Å². The summed E-state index contributed by atoms with van der Waals surface area (Å²) in [5, 5.41) is 11.7. The minimum atomic E-state index is 0.474. The summed E-state index contributed by atoms with van der Waals surface area (Å²) in [5.41, 5.74) is 1.96. The summed E-state index contributed by atoms with van der Waals surface area (Å²) < 4.78 is 14.0. The Morgan fingerprint density at radius 1 is 1.08 bits per heavy atom. The van der Waals surface area contributed by atoms with Crippen molar-refractivity contribution in [3.63, 3.8) is 0 Å². The molecule has 2 aromatic carbocycles. The van der Waals surface area contributed by atoms with E-state index in [1.807, 2.05) is 49.4 Å². The highest BCUT2D eigenvalue weighted by molar-refractivity contribution is 9.10. The summed E-state index contributed by atoms with van der Waals surface area (Å²) in [6, 6.07) is 13.8. The molecule has 0 amide bonds. The Kier molecular flexibility index (Phi) is 5.79. The Labute approximate surface area is 154 Å². The quantitative estimate of drug-likeness (QED) is 0.564. The third-order valence-electron chi connectivity index (χ3n) is 3.34. The van der Waals surface area contributed by atoms with Gasteiger partial charge < -0.3 is 9.47 Å². The number of hydrogen-bond donors (Lipinski definition) is 0. The zero-order valence-electron chi connectivity index (χ0n) is 13.7. The van der Waals surface area contributed by atoms with Gasteiger partial charge in [-0.3, -0.25) is 0 Å². The normalized spacial score (nSPS) is 11.0. The van der Waals surface area contributed by atoms with E-state index < -0.39 is 0 Å². The topological polar surface area (TPSA) is 61.5 Å². The summed E-state index contributed by atoms with van der Waals surface area (Å²) in [5.74, 6) is 1.35. The molecule has 0 radical (unpaired) electrons. The maximum Gasteiger partial charge on any atom is 0.162 e. The van der Waals surface area contributed by atoms with Crippen LogP contribution in [0.5, 0.6) is 11.5 Å². The van der Waals surface area contributed by atoms with Crippen LogP contribution < -0.4 is 9.47 Å². The molecule has 3 rings (SSSR count). The number of rotatable bonds is 7. The van der Waals surface area contributed by atoms with Crippen LogP contribution in [-0.4, -0.2) is 27.7 Å². The van der Waals surface area contributed by atoms with Gasteiger partial charge in [0, 0.05) is 10.0 Å². The van der Waals surface area contributed by atoms with Crippen LogP contribution in [0.25, 0.3) is 0 Å². The van der Waals surface area contributed by atoms with Crippen LogP contribution in [0.15, 0.2) is 64.7 Å². The third kappa shape index (κ3) is 4.67. The molecule has 0 saturated carbocycles. The third-order valence-corrected chi connectivity index (χ3v) is 4.02. The molecular weight excluding hydrogens is 384 g/mol. The SMILES string of the molecule is CCOc1cc(/C=N\n2cnnc2)c(Br)cc1OCc1ccccc1. The number of aromatic nitrogens is 3. The molecular formula is C18H17BrN4O2. The minimum Gasteiger partial charge on any atom is -0.490 e. The predicted octanol–water partition coefficient (Wildman–Crippen LogP) is 3.90. The molecule has 128 valence electrons. The fourth-order valence-corrected chi connectivity index (χ4v) is 2.57. The number of halogens is 1. The summed E-state index contributed by atoms with van der Waals surface area (Å²) in [4.78, 5) is 0. The number of benzene rings is 2. The van der Waals surface area contributed by atoms with Crippen molar-refractivity contribution in [2.75, 3.05) is 6.61 Å². The molecule has 0 fully saturated rings. The Morgan fingerprint density at radius 2 is 1.80 bits per heavy atom. The summed E-state index contributed by atoms with van der Waals surface area (Å²) >= 11 is 3.56. The van der Waals surface area contributed by atoms with Gasteiger partial charge in [0.2, 0.25) is 0 Å². The van der Waals surface area contributed by atoms with Crippen molar-refractivity contribution in [1.29, 1.82) is 0 Å².